The summed E-state index contributed by atoms with van der Waals surface area (Å²) in [7, 11) is 2.01. The third kappa shape index (κ3) is 5.36. The number of nitrogens with zero attached hydrogens (tertiary/aromatic N) is 1. The molecule has 1 fully saturated rings. The van der Waals surface area contributed by atoms with Gasteiger partial charge in [0, 0.05) is 6.04 Å². The molecule has 0 spiro atoms. The molecule has 1 N–H and O–H groups in total. The van der Waals surface area contributed by atoms with Crippen LogP contribution in [0.3, 0.4) is 0 Å². The molecule has 4 nitrogen and oxygen atoms in total. The van der Waals surface area contributed by atoms with E-state index in [4.69, 9.17) is 4.74 Å². The molecule has 106 valence electrons. The quantitative estimate of drug-likeness (QED) is 0.703. The third-order valence-electron chi connectivity index (χ3n) is 3.84. The van der Waals surface area contributed by atoms with Gasteiger partial charge in [-0.3, -0.25) is 4.79 Å². The molecule has 1 rings (SSSR count). The molecule has 0 bridgehead atoms. The second-order valence-electron chi connectivity index (χ2n) is 5.23. The Labute approximate surface area is 111 Å². The average Bonchev–Trinajstić information content (AvgIpc) is 2.37. The first-order valence-electron chi connectivity index (χ1n) is 7.21. The summed E-state index contributed by atoms with van der Waals surface area (Å²) in [4.78, 5) is 13.9. The first-order chi connectivity index (χ1) is 8.67. The second kappa shape index (κ2) is 8.48. The van der Waals surface area contributed by atoms with Crippen LogP contribution in [0, 0.1) is 5.92 Å². The van der Waals surface area contributed by atoms with E-state index in [0.29, 0.717) is 19.1 Å². The smallest absolute Gasteiger partial charge is 0.307 e. The lowest BCUT2D eigenvalue weighted by atomic mass is 9.92. The van der Waals surface area contributed by atoms with Crippen molar-refractivity contribution >= 4 is 5.97 Å². The lowest BCUT2D eigenvalue weighted by molar-refractivity contribution is -0.144. The predicted molar refractivity (Wildman–Crippen MR) is 73.6 cm³/mol. The van der Waals surface area contributed by atoms with E-state index in [1.54, 1.807) is 0 Å². The number of hydrogen-bond acceptors (Lipinski definition) is 4. The lowest BCUT2D eigenvalue weighted by Crippen LogP contribution is -2.41. The summed E-state index contributed by atoms with van der Waals surface area (Å²) in [5.41, 5.74) is 0. The van der Waals surface area contributed by atoms with Gasteiger partial charge in [-0.15, -0.1) is 0 Å². The molecular weight excluding hydrogens is 228 g/mol. The van der Waals surface area contributed by atoms with E-state index in [-0.39, 0.29) is 5.97 Å². The number of hydrogen-bond donors (Lipinski definition) is 1. The number of piperidine rings is 1. The van der Waals surface area contributed by atoms with Gasteiger partial charge in [0.25, 0.3) is 0 Å². The Balaban J connectivity index is 2.22. The van der Waals surface area contributed by atoms with Gasteiger partial charge in [0.05, 0.1) is 13.0 Å². The van der Waals surface area contributed by atoms with Crippen LogP contribution in [0.25, 0.3) is 0 Å². The number of likely N-dealkylation sites (tertiary alicyclic amines) is 1. The molecule has 0 radical (unpaired) electrons. The molecule has 1 aliphatic rings. The Morgan fingerprint density at radius 3 is 2.67 bits per heavy atom. The summed E-state index contributed by atoms with van der Waals surface area (Å²) in [6.45, 7) is 7.82. The van der Waals surface area contributed by atoms with Crippen LogP contribution in [0.4, 0.5) is 0 Å². The fourth-order valence-electron chi connectivity index (χ4n) is 2.62. The number of esters is 1. The third-order valence-corrected chi connectivity index (χ3v) is 3.84. The van der Waals surface area contributed by atoms with Crippen molar-refractivity contribution in [3.8, 4) is 0 Å². The zero-order chi connectivity index (χ0) is 13.4. The molecule has 1 atom stereocenters. The highest BCUT2D eigenvalue weighted by molar-refractivity contribution is 5.70. The minimum atomic E-state index is -0.0673. The average molecular weight is 256 g/mol. The highest BCUT2D eigenvalue weighted by atomic mass is 16.5. The zero-order valence-corrected chi connectivity index (χ0v) is 12.1. The standard InChI is InChI=1S/C14H28N2O2/c1-4-18-14(17)11-12(2)16-9-6-13(7-10-16)5-8-15-3/h12-13,15H,4-11H2,1-3H3. The van der Waals surface area contributed by atoms with E-state index in [1.807, 2.05) is 14.0 Å². The monoisotopic (exact) mass is 256 g/mol. The van der Waals surface area contributed by atoms with Gasteiger partial charge in [-0.2, -0.15) is 0 Å². The number of ether oxygens (including phenoxy) is 1. The van der Waals surface area contributed by atoms with Crippen LogP contribution < -0.4 is 5.32 Å². The van der Waals surface area contributed by atoms with Gasteiger partial charge in [0.1, 0.15) is 0 Å². The first-order valence-corrected chi connectivity index (χ1v) is 7.21. The molecule has 0 amide bonds. The SMILES string of the molecule is CCOC(=O)CC(C)N1CCC(CCNC)CC1. The maximum Gasteiger partial charge on any atom is 0.307 e. The van der Waals surface area contributed by atoms with Gasteiger partial charge < -0.3 is 15.0 Å². The zero-order valence-electron chi connectivity index (χ0n) is 12.1. The Hall–Kier alpha value is -0.610. The van der Waals surface area contributed by atoms with Crippen LogP contribution in [-0.4, -0.2) is 50.2 Å². The molecule has 1 heterocycles. The molecule has 0 saturated carbocycles. The Kier molecular flexibility index (Phi) is 7.28. The van der Waals surface area contributed by atoms with E-state index in [0.717, 1.165) is 25.6 Å². The van der Waals surface area contributed by atoms with E-state index < -0.39 is 0 Å². The lowest BCUT2D eigenvalue weighted by Gasteiger charge is -2.35. The molecule has 0 aromatic rings. The van der Waals surface area contributed by atoms with Gasteiger partial charge in [-0.05, 0) is 65.7 Å². The van der Waals surface area contributed by atoms with E-state index in [9.17, 15) is 4.79 Å². The Morgan fingerprint density at radius 1 is 1.44 bits per heavy atom. The highest BCUT2D eigenvalue weighted by Gasteiger charge is 2.23. The minimum absolute atomic E-state index is 0.0673. The maximum atomic E-state index is 11.4. The fraction of sp³-hybridized carbons (Fsp3) is 0.929. The number of rotatable bonds is 7. The minimum Gasteiger partial charge on any atom is -0.466 e. The van der Waals surface area contributed by atoms with Gasteiger partial charge in [-0.25, -0.2) is 0 Å². The molecule has 1 saturated heterocycles. The molecule has 0 aromatic carbocycles. The van der Waals surface area contributed by atoms with E-state index in [2.05, 4.69) is 17.1 Å². The van der Waals surface area contributed by atoms with Crippen molar-refractivity contribution in [2.24, 2.45) is 5.92 Å². The second-order valence-corrected chi connectivity index (χ2v) is 5.23. The van der Waals surface area contributed by atoms with Crippen LogP contribution in [0.15, 0.2) is 0 Å². The molecule has 4 heteroatoms. The molecule has 18 heavy (non-hydrogen) atoms. The van der Waals surface area contributed by atoms with Gasteiger partial charge in [-0.1, -0.05) is 0 Å². The van der Waals surface area contributed by atoms with Crippen molar-refractivity contribution in [3.05, 3.63) is 0 Å². The van der Waals surface area contributed by atoms with E-state index in [1.165, 1.54) is 19.3 Å². The van der Waals surface area contributed by atoms with Crippen molar-refractivity contribution in [1.29, 1.82) is 0 Å². The largest absolute Gasteiger partial charge is 0.466 e. The molecule has 1 unspecified atom stereocenters. The van der Waals surface area contributed by atoms with Crippen LogP contribution in [0.5, 0.6) is 0 Å². The van der Waals surface area contributed by atoms with Crippen molar-refractivity contribution in [2.45, 2.75) is 45.6 Å². The molecule has 0 aromatic heterocycles. The van der Waals surface area contributed by atoms with Crippen LogP contribution in [0.1, 0.15) is 39.5 Å². The maximum absolute atomic E-state index is 11.4. The van der Waals surface area contributed by atoms with Crippen LogP contribution >= 0.6 is 0 Å². The summed E-state index contributed by atoms with van der Waals surface area (Å²) in [6, 6.07) is 0.314. The fourth-order valence-corrected chi connectivity index (χ4v) is 2.62. The summed E-state index contributed by atoms with van der Waals surface area (Å²) in [5, 5.41) is 3.21. The highest BCUT2D eigenvalue weighted by Crippen LogP contribution is 2.22. The van der Waals surface area contributed by atoms with Crippen molar-refractivity contribution in [1.82, 2.24) is 10.2 Å². The summed E-state index contributed by atoms with van der Waals surface area (Å²) in [5.74, 6) is 0.783. The van der Waals surface area contributed by atoms with E-state index >= 15 is 0 Å². The summed E-state index contributed by atoms with van der Waals surface area (Å²) >= 11 is 0. The van der Waals surface area contributed by atoms with Gasteiger partial charge in [0.2, 0.25) is 0 Å². The first kappa shape index (κ1) is 15.4. The van der Waals surface area contributed by atoms with Crippen LogP contribution in [0.2, 0.25) is 0 Å². The van der Waals surface area contributed by atoms with Gasteiger partial charge in [0.15, 0.2) is 0 Å². The Bertz CT molecular complexity index is 238. The Morgan fingerprint density at radius 2 is 2.11 bits per heavy atom. The predicted octanol–water partition coefficient (Wildman–Crippen LogP) is 1.65. The summed E-state index contributed by atoms with van der Waals surface area (Å²) < 4.78 is 5.00. The number of carbonyl (C=O) groups excluding carboxylic acids is 1. The molecule has 1 aliphatic heterocycles. The summed E-state index contributed by atoms with van der Waals surface area (Å²) in [6.07, 6.45) is 4.31. The van der Waals surface area contributed by atoms with Gasteiger partial charge >= 0.3 is 5.97 Å². The normalized spacial score (nSPS) is 19.7. The van der Waals surface area contributed by atoms with Crippen molar-refractivity contribution in [3.63, 3.8) is 0 Å². The van der Waals surface area contributed by atoms with Crippen LogP contribution in [-0.2, 0) is 9.53 Å². The number of nitrogens with one attached hydrogen (secondary N) is 1. The topological polar surface area (TPSA) is 41.6 Å². The van der Waals surface area contributed by atoms with Crippen molar-refractivity contribution < 1.29 is 9.53 Å². The van der Waals surface area contributed by atoms with Crippen molar-refractivity contribution in [2.75, 3.05) is 33.3 Å². The molecular formula is C14H28N2O2. The molecule has 0 aliphatic carbocycles. The number of carbonyl (C=O) groups is 1.